The van der Waals surface area contributed by atoms with Gasteiger partial charge in [-0.25, -0.2) is 5.43 Å². The van der Waals surface area contributed by atoms with Crippen LogP contribution < -0.4 is 10.3 Å². The van der Waals surface area contributed by atoms with Gasteiger partial charge in [0.1, 0.15) is 0 Å². The molecule has 0 aliphatic rings. The molecule has 2 aromatic rings. The van der Waals surface area contributed by atoms with Gasteiger partial charge in [0.25, 0.3) is 5.91 Å². The molecular formula is C17H21N3O2S. The number of hydrogen-bond donors (Lipinski definition) is 2. The Hall–Kier alpha value is -2.18. The second kappa shape index (κ2) is 8.45. The highest BCUT2D eigenvalue weighted by Gasteiger charge is 2.06. The van der Waals surface area contributed by atoms with E-state index in [2.05, 4.69) is 28.4 Å². The largest absolute Gasteiger partial charge is 0.395 e. The summed E-state index contributed by atoms with van der Waals surface area (Å²) >= 11 is 1.38. The molecule has 0 saturated carbocycles. The third-order valence-corrected chi connectivity index (χ3v) is 4.35. The Bertz CT molecular complexity index is 668. The van der Waals surface area contributed by atoms with Crippen molar-refractivity contribution in [1.82, 2.24) is 5.43 Å². The molecule has 0 fully saturated rings. The number of hydrazone groups is 1. The van der Waals surface area contributed by atoms with E-state index in [0.29, 0.717) is 11.4 Å². The van der Waals surface area contributed by atoms with E-state index >= 15 is 0 Å². The Labute approximate surface area is 140 Å². The zero-order valence-corrected chi connectivity index (χ0v) is 14.1. The van der Waals surface area contributed by atoms with Gasteiger partial charge < -0.3 is 10.0 Å². The van der Waals surface area contributed by atoms with Gasteiger partial charge in [0, 0.05) is 18.8 Å². The lowest BCUT2D eigenvalue weighted by atomic mass is 10.1. The van der Waals surface area contributed by atoms with Crippen LogP contribution in [0.25, 0.3) is 0 Å². The monoisotopic (exact) mass is 331 g/mol. The zero-order valence-electron chi connectivity index (χ0n) is 13.3. The fourth-order valence-electron chi connectivity index (χ4n) is 2.22. The summed E-state index contributed by atoms with van der Waals surface area (Å²) in [6, 6.07) is 9.61. The highest BCUT2D eigenvalue weighted by atomic mass is 32.1. The molecule has 0 saturated heterocycles. The molecule has 1 heterocycles. The van der Waals surface area contributed by atoms with Gasteiger partial charge in [0.2, 0.25) is 0 Å². The molecule has 0 radical (unpaired) electrons. The van der Waals surface area contributed by atoms with Crippen LogP contribution in [0.5, 0.6) is 0 Å². The van der Waals surface area contributed by atoms with Crippen LogP contribution in [0, 0.1) is 6.92 Å². The van der Waals surface area contributed by atoms with Crippen LogP contribution in [0.15, 0.2) is 40.8 Å². The van der Waals surface area contributed by atoms with E-state index in [4.69, 9.17) is 5.11 Å². The number of carbonyl (C=O) groups is 1. The number of aryl methyl sites for hydroxylation is 1. The molecule has 0 atom stereocenters. The summed E-state index contributed by atoms with van der Waals surface area (Å²) in [5.41, 5.74) is 5.60. The minimum atomic E-state index is -0.203. The van der Waals surface area contributed by atoms with E-state index in [-0.39, 0.29) is 12.5 Å². The number of hydrogen-bond acceptors (Lipinski definition) is 5. The number of nitrogens with zero attached hydrogens (tertiary/aromatic N) is 2. The van der Waals surface area contributed by atoms with Gasteiger partial charge in [-0.15, -0.1) is 11.3 Å². The van der Waals surface area contributed by atoms with Gasteiger partial charge in [0.15, 0.2) is 0 Å². The quantitative estimate of drug-likeness (QED) is 0.605. The van der Waals surface area contributed by atoms with Crippen molar-refractivity contribution in [3.63, 3.8) is 0 Å². The number of benzene rings is 1. The van der Waals surface area contributed by atoms with Crippen molar-refractivity contribution in [2.45, 2.75) is 13.8 Å². The lowest BCUT2D eigenvalue weighted by Gasteiger charge is -2.22. The van der Waals surface area contributed by atoms with Crippen molar-refractivity contribution in [3.05, 3.63) is 51.7 Å². The summed E-state index contributed by atoms with van der Waals surface area (Å²) in [6.45, 7) is 5.63. The van der Waals surface area contributed by atoms with E-state index < -0.39 is 0 Å². The predicted molar refractivity (Wildman–Crippen MR) is 95.5 cm³/mol. The standard InChI is InChI=1S/C17H21N3O2S/c1-3-20(8-9-21)15-7-6-14(13(2)11-15)12-18-19-17(22)16-5-4-10-23-16/h4-7,10-12,21H,3,8-9H2,1-2H3,(H,19,22)/b18-12-. The fraction of sp³-hybridized carbons (Fsp3) is 0.294. The molecular weight excluding hydrogens is 310 g/mol. The van der Waals surface area contributed by atoms with Crippen molar-refractivity contribution in [2.75, 3.05) is 24.6 Å². The Morgan fingerprint density at radius 3 is 2.87 bits per heavy atom. The van der Waals surface area contributed by atoms with Crippen LogP contribution in [-0.4, -0.2) is 36.9 Å². The summed E-state index contributed by atoms with van der Waals surface area (Å²) in [4.78, 5) is 14.5. The fourth-order valence-corrected chi connectivity index (χ4v) is 2.83. The number of thiophene rings is 1. The van der Waals surface area contributed by atoms with Crippen LogP contribution in [-0.2, 0) is 0 Å². The summed E-state index contributed by atoms with van der Waals surface area (Å²) in [5, 5.41) is 15.0. The minimum absolute atomic E-state index is 0.130. The van der Waals surface area contributed by atoms with Crippen molar-refractivity contribution in [1.29, 1.82) is 0 Å². The number of aliphatic hydroxyl groups excluding tert-OH is 1. The van der Waals surface area contributed by atoms with Crippen LogP contribution in [0.3, 0.4) is 0 Å². The highest BCUT2D eigenvalue weighted by Crippen LogP contribution is 2.18. The zero-order chi connectivity index (χ0) is 16.7. The average molecular weight is 331 g/mol. The number of nitrogens with one attached hydrogen (secondary N) is 1. The number of anilines is 1. The lowest BCUT2D eigenvalue weighted by molar-refractivity contribution is 0.0959. The topological polar surface area (TPSA) is 64.9 Å². The van der Waals surface area contributed by atoms with Crippen molar-refractivity contribution in [3.8, 4) is 0 Å². The van der Waals surface area contributed by atoms with Crippen LogP contribution in [0.4, 0.5) is 5.69 Å². The molecule has 1 aromatic carbocycles. The van der Waals surface area contributed by atoms with E-state index in [1.807, 2.05) is 30.5 Å². The molecule has 0 bridgehead atoms. The Morgan fingerprint density at radius 2 is 2.26 bits per heavy atom. The number of rotatable bonds is 7. The molecule has 1 amide bonds. The van der Waals surface area contributed by atoms with Crippen LogP contribution in [0.1, 0.15) is 27.7 Å². The van der Waals surface area contributed by atoms with Gasteiger partial charge in [-0.05, 0) is 48.6 Å². The van der Waals surface area contributed by atoms with Gasteiger partial charge in [-0.2, -0.15) is 5.10 Å². The Balaban J connectivity index is 2.03. The van der Waals surface area contributed by atoms with Gasteiger partial charge in [0.05, 0.1) is 17.7 Å². The molecule has 5 nitrogen and oxygen atoms in total. The summed E-state index contributed by atoms with van der Waals surface area (Å²) in [6.07, 6.45) is 1.65. The molecule has 122 valence electrons. The first-order valence-corrected chi connectivity index (χ1v) is 8.37. The first-order chi connectivity index (χ1) is 11.2. The second-order valence-electron chi connectivity index (χ2n) is 5.02. The molecule has 0 aliphatic heterocycles. The highest BCUT2D eigenvalue weighted by molar-refractivity contribution is 7.12. The smallest absolute Gasteiger partial charge is 0.281 e. The van der Waals surface area contributed by atoms with E-state index in [1.54, 1.807) is 12.3 Å². The average Bonchev–Trinajstić information content (AvgIpc) is 3.08. The SMILES string of the molecule is CCN(CCO)c1ccc(/C=N\NC(=O)c2cccs2)c(C)c1. The third kappa shape index (κ3) is 4.64. The van der Waals surface area contributed by atoms with Crippen molar-refractivity contribution in [2.24, 2.45) is 5.10 Å². The van der Waals surface area contributed by atoms with Crippen molar-refractivity contribution < 1.29 is 9.90 Å². The summed E-state index contributed by atoms with van der Waals surface area (Å²) in [5.74, 6) is -0.203. The maximum atomic E-state index is 11.8. The summed E-state index contributed by atoms with van der Waals surface area (Å²) in [7, 11) is 0. The number of aliphatic hydroxyl groups is 1. The van der Waals surface area contributed by atoms with E-state index in [9.17, 15) is 4.79 Å². The third-order valence-electron chi connectivity index (χ3n) is 3.48. The van der Waals surface area contributed by atoms with Crippen molar-refractivity contribution >= 4 is 29.1 Å². The Kier molecular flexibility index (Phi) is 6.31. The normalized spacial score (nSPS) is 10.9. The second-order valence-corrected chi connectivity index (χ2v) is 5.97. The number of likely N-dealkylation sites (N-methyl/N-ethyl adjacent to an activating group) is 1. The lowest BCUT2D eigenvalue weighted by Crippen LogP contribution is -2.26. The minimum Gasteiger partial charge on any atom is -0.395 e. The predicted octanol–water partition coefficient (Wildman–Crippen LogP) is 2.64. The van der Waals surface area contributed by atoms with Gasteiger partial charge in [-0.3, -0.25) is 4.79 Å². The van der Waals surface area contributed by atoms with Crippen LogP contribution >= 0.6 is 11.3 Å². The van der Waals surface area contributed by atoms with Gasteiger partial charge >= 0.3 is 0 Å². The molecule has 0 spiro atoms. The molecule has 2 N–H and O–H groups in total. The molecule has 23 heavy (non-hydrogen) atoms. The number of carbonyl (C=O) groups excluding carboxylic acids is 1. The molecule has 1 aromatic heterocycles. The van der Waals surface area contributed by atoms with E-state index in [0.717, 1.165) is 23.4 Å². The molecule has 0 unspecified atom stereocenters. The van der Waals surface area contributed by atoms with Gasteiger partial charge in [-0.1, -0.05) is 12.1 Å². The first kappa shape index (κ1) is 17.2. The molecule has 2 rings (SSSR count). The maximum Gasteiger partial charge on any atom is 0.281 e. The molecule has 6 heteroatoms. The molecule has 0 aliphatic carbocycles. The van der Waals surface area contributed by atoms with Crippen LogP contribution in [0.2, 0.25) is 0 Å². The number of amides is 1. The maximum absolute atomic E-state index is 11.8. The summed E-state index contributed by atoms with van der Waals surface area (Å²) < 4.78 is 0. The first-order valence-electron chi connectivity index (χ1n) is 7.49. The van der Waals surface area contributed by atoms with E-state index in [1.165, 1.54) is 11.3 Å². The Morgan fingerprint density at radius 1 is 1.43 bits per heavy atom.